The number of H-pyrrole nitrogens is 1. The third-order valence-electron chi connectivity index (χ3n) is 2.75. The van der Waals surface area contributed by atoms with E-state index in [0.717, 1.165) is 5.69 Å². The summed E-state index contributed by atoms with van der Waals surface area (Å²) in [7, 11) is 0. The molecular formula is C13H16N4O2. The Bertz CT molecular complexity index is 646. The average molecular weight is 260 g/mol. The van der Waals surface area contributed by atoms with Crippen molar-refractivity contribution < 1.29 is 0 Å². The maximum atomic E-state index is 11.5. The lowest BCUT2D eigenvalue weighted by Gasteiger charge is -2.07. The third kappa shape index (κ3) is 3.62. The van der Waals surface area contributed by atoms with Crippen LogP contribution in [-0.4, -0.2) is 21.1 Å². The molecule has 0 aliphatic rings. The smallest absolute Gasteiger partial charge is 0.309 e. The number of hydrogen-bond acceptors (Lipinski definition) is 4. The van der Waals surface area contributed by atoms with Gasteiger partial charge in [-0.25, -0.2) is 4.79 Å². The van der Waals surface area contributed by atoms with Gasteiger partial charge in [0.25, 0.3) is 5.56 Å². The van der Waals surface area contributed by atoms with Crippen LogP contribution in [0.1, 0.15) is 11.3 Å². The maximum absolute atomic E-state index is 11.5. The van der Waals surface area contributed by atoms with Crippen LogP contribution in [0.2, 0.25) is 0 Å². The van der Waals surface area contributed by atoms with Gasteiger partial charge in [0.2, 0.25) is 0 Å². The fourth-order valence-electron chi connectivity index (χ4n) is 1.70. The molecule has 2 heterocycles. The van der Waals surface area contributed by atoms with Crippen LogP contribution in [0.25, 0.3) is 0 Å². The van der Waals surface area contributed by atoms with E-state index < -0.39 is 0 Å². The minimum Gasteiger partial charge on any atom is -0.309 e. The Morgan fingerprint density at radius 1 is 1.37 bits per heavy atom. The normalized spacial score (nSPS) is 10.6. The molecule has 0 atom stereocenters. The van der Waals surface area contributed by atoms with Crippen LogP contribution in [0.3, 0.4) is 0 Å². The first-order valence-electron chi connectivity index (χ1n) is 6.08. The van der Waals surface area contributed by atoms with Gasteiger partial charge in [0.15, 0.2) is 0 Å². The molecule has 2 rings (SSSR count). The molecule has 0 bridgehead atoms. The van der Waals surface area contributed by atoms with Gasteiger partial charge in [0, 0.05) is 37.6 Å². The molecule has 2 N–H and O–H groups in total. The molecule has 0 radical (unpaired) electrons. The second-order valence-corrected chi connectivity index (χ2v) is 4.26. The van der Waals surface area contributed by atoms with Gasteiger partial charge in [-0.2, -0.15) is 0 Å². The quantitative estimate of drug-likeness (QED) is 0.743. The molecule has 0 amide bonds. The summed E-state index contributed by atoms with van der Waals surface area (Å²) < 4.78 is 1.49. The standard InChI is InChI=1S/C13H16N4O2/c1-10-9-17(13(19)16-12(10)18)7-6-14-8-11-4-2-3-5-15-11/h2-5,9,14H,6-8H2,1H3,(H,16,18,19). The zero-order valence-electron chi connectivity index (χ0n) is 10.7. The lowest BCUT2D eigenvalue weighted by atomic mass is 10.3. The molecule has 0 spiro atoms. The van der Waals surface area contributed by atoms with Crippen LogP contribution in [0.15, 0.2) is 40.2 Å². The monoisotopic (exact) mass is 260 g/mol. The Kier molecular flexibility index (Phi) is 4.25. The number of aromatic nitrogens is 3. The van der Waals surface area contributed by atoms with E-state index in [9.17, 15) is 9.59 Å². The van der Waals surface area contributed by atoms with Crippen LogP contribution in [0, 0.1) is 6.92 Å². The summed E-state index contributed by atoms with van der Waals surface area (Å²) in [6, 6.07) is 5.73. The number of nitrogens with zero attached hydrogens (tertiary/aromatic N) is 2. The Morgan fingerprint density at radius 2 is 2.21 bits per heavy atom. The van der Waals surface area contributed by atoms with Crippen molar-refractivity contribution in [2.45, 2.75) is 20.0 Å². The van der Waals surface area contributed by atoms with E-state index in [2.05, 4.69) is 15.3 Å². The minimum atomic E-state index is -0.379. The van der Waals surface area contributed by atoms with Crippen molar-refractivity contribution in [1.82, 2.24) is 19.9 Å². The molecule has 19 heavy (non-hydrogen) atoms. The van der Waals surface area contributed by atoms with Gasteiger partial charge in [-0.15, -0.1) is 0 Å². The summed E-state index contributed by atoms with van der Waals surface area (Å²) in [6.07, 6.45) is 3.32. The van der Waals surface area contributed by atoms with Gasteiger partial charge in [-0.1, -0.05) is 6.07 Å². The van der Waals surface area contributed by atoms with E-state index in [4.69, 9.17) is 0 Å². The Hall–Kier alpha value is -2.21. The molecule has 0 aromatic carbocycles. The van der Waals surface area contributed by atoms with Gasteiger partial charge in [0.1, 0.15) is 0 Å². The summed E-state index contributed by atoms with van der Waals surface area (Å²) in [5.41, 5.74) is 0.773. The van der Waals surface area contributed by atoms with Gasteiger partial charge in [-0.3, -0.25) is 19.3 Å². The number of hydrogen-bond donors (Lipinski definition) is 2. The van der Waals surface area contributed by atoms with Crippen molar-refractivity contribution in [3.8, 4) is 0 Å². The molecule has 0 aliphatic carbocycles. The fourth-order valence-corrected chi connectivity index (χ4v) is 1.70. The van der Waals surface area contributed by atoms with Gasteiger partial charge in [-0.05, 0) is 19.1 Å². The van der Waals surface area contributed by atoms with E-state index in [1.165, 1.54) is 4.57 Å². The highest BCUT2D eigenvalue weighted by atomic mass is 16.2. The second-order valence-electron chi connectivity index (χ2n) is 4.26. The zero-order chi connectivity index (χ0) is 13.7. The highest BCUT2D eigenvalue weighted by Crippen LogP contribution is 1.91. The van der Waals surface area contributed by atoms with Crippen molar-refractivity contribution >= 4 is 0 Å². The van der Waals surface area contributed by atoms with Crippen LogP contribution < -0.4 is 16.6 Å². The summed E-state index contributed by atoms with van der Waals surface area (Å²) in [5.74, 6) is 0. The third-order valence-corrected chi connectivity index (χ3v) is 2.75. The molecule has 2 aromatic heterocycles. The van der Waals surface area contributed by atoms with Crippen molar-refractivity contribution in [2.75, 3.05) is 6.54 Å². The minimum absolute atomic E-state index is 0.331. The van der Waals surface area contributed by atoms with Crippen molar-refractivity contribution in [3.05, 3.63) is 62.7 Å². The molecule has 6 heteroatoms. The molecule has 2 aromatic rings. The first kappa shape index (κ1) is 13.2. The second kappa shape index (κ2) is 6.10. The number of pyridine rings is 1. The van der Waals surface area contributed by atoms with Crippen molar-refractivity contribution in [3.63, 3.8) is 0 Å². The first-order chi connectivity index (χ1) is 9.16. The molecule has 6 nitrogen and oxygen atoms in total. The molecular weight excluding hydrogens is 244 g/mol. The van der Waals surface area contributed by atoms with Crippen LogP contribution in [0.5, 0.6) is 0 Å². The average Bonchev–Trinajstić information content (AvgIpc) is 2.41. The summed E-state index contributed by atoms with van der Waals surface area (Å²) in [6.45, 7) is 3.46. The summed E-state index contributed by atoms with van der Waals surface area (Å²) in [5, 5.41) is 3.20. The molecule has 100 valence electrons. The molecule has 0 saturated carbocycles. The topological polar surface area (TPSA) is 79.8 Å². The van der Waals surface area contributed by atoms with E-state index in [1.54, 1.807) is 19.3 Å². The Balaban J connectivity index is 1.88. The summed E-state index contributed by atoms with van der Waals surface area (Å²) >= 11 is 0. The summed E-state index contributed by atoms with van der Waals surface area (Å²) in [4.78, 5) is 29.2. The van der Waals surface area contributed by atoms with Gasteiger partial charge in [0.05, 0.1) is 5.69 Å². The number of aryl methyl sites for hydroxylation is 1. The van der Waals surface area contributed by atoms with Crippen molar-refractivity contribution in [1.29, 1.82) is 0 Å². The van der Waals surface area contributed by atoms with Crippen LogP contribution in [0.4, 0.5) is 0 Å². The first-order valence-corrected chi connectivity index (χ1v) is 6.08. The van der Waals surface area contributed by atoms with Crippen LogP contribution >= 0.6 is 0 Å². The Labute approximate surface area is 110 Å². The van der Waals surface area contributed by atoms with E-state index in [-0.39, 0.29) is 11.2 Å². The number of nitrogens with one attached hydrogen (secondary N) is 2. The Morgan fingerprint density at radius 3 is 2.95 bits per heavy atom. The predicted molar refractivity (Wildman–Crippen MR) is 72.0 cm³/mol. The highest BCUT2D eigenvalue weighted by molar-refractivity contribution is 5.03. The largest absolute Gasteiger partial charge is 0.328 e. The van der Waals surface area contributed by atoms with Gasteiger partial charge >= 0.3 is 5.69 Å². The fraction of sp³-hybridized carbons (Fsp3) is 0.308. The predicted octanol–water partition coefficient (Wildman–Crippen LogP) is 0.0298. The zero-order valence-corrected chi connectivity index (χ0v) is 10.7. The van der Waals surface area contributed by atoms with E-state index >= 15 is 0 Å². The van der Waals surface area contributed by atoms with Gasteiger partial charge < -0.3 is 5.32 Å². The molecule has 0 aliphatic heterocycles. The van der Waals surface area contributed by atoms with Crippen LogP contribution in [-0.2, 0) is 13.1 Å². The maximum Gasteiger partial charge on any atom is 0.328 e. The molecule has 0 saturated heterocycles. The lowest BCUT2D eigenvalue weighted by Crippen LogP contribution is -2.33. The van der Waals surface area contributed by atoms with E-state index in [1.807, 2.05) is 18.2 Å². The number of aromatic amines is 1. The lowest BCUT2D eigenvalue weighted by molar-refractivity contribution is 0.568. The molecule has 0 fully saturated rings. The van der Waals surface area contributed by atoms with E-state index in [0.29, 0.717) is 25.2 Å². The SMILES string of the molecule is Cc1cn(CCNCc2ccccn2)c(=O)[nH]c1=O. The number of rotatable bonds is 5. The highest BCUT2D eigenvalue weighted by Gasteiger charge is 2.00. The molecule has 0 unspecified atom stereocenters. The van der Waals surface area contributed by atoms with Crippen molar-refractivity contribution in [2.24, 2.45) is 0 Å².